The third-order valence-corrected chi connectivity index (χ3v) is 5.27. The Morgan fingerprint density at radius 1 is 1.21 bits per heavy atom. The van der Waals surface area contributed by atoms with E-state index < -0.39 is 11.9 Å². The molecule has 1 unspecified atom stereocenters. The zero-order chi connectivity index (χ0) is 20.8. The van der Waals surface area contributed by atoms with Gasteiger partial charge in [-0.1, -0.05) is 37.0 Å². The molecule has 4 N–H and O–H groups in total. The average Bonchev–Trinajstić information content (AvgIpc) is 2.60. The van der Waals surface area contributed by atoms with E-state index >= 15 is 0 Å². The lowest BCUT2D eigenvalue weighted by Crippen LogP contribution is -2.54. The molecule has 1 saturated heterocycles. The summed E-state index contributed by atoms with van der Waals surface area (Å²) in [6.07, 6.45) is 1.45. The fourth-order valence-electron chi connectivity index (χ4n) is 3.17. The molecule has 1 fully saturated rings. The van der Waals surface area contributed by atoms with Gasteiger partial charge in [-0.05, 0) is 37.0 Å². The molecule has 1 aliphatic heterocycles. The molecule has 0 spiro atoms. The highest BCUT2D eigenvalue weighted by Crippen LogP contribution is 2.21. The van der Waals surface area contributed by atoms with Crippen LogP contribution in [-0.2, 0) is 9.59 Å². The summed E-state index contributed by atoms with van der Waals surface area (Å²) < 4.78 is 0. The van der Waals surface area contributed by atoms with E-state index in [0.717, 1.165) is 12.8 Å². The summed E-state index contributed by atoms with van der Waals surface area (Å²) in [6, 6.07) is 3.90. The van der Waals surface area contributed by atoms with Gasteiger partial charge in [-0.3, -0.25) is 19.3 Å². The number of nitrogens with zero attached hydrogens (tertiary/aromatic N) is 1. The van der Waals surface area contributed by atoms with Gasteiger partial charge in [0.25, 0.3) is 5.91 Å². The van der Waals surface area contributed by atoms with Gasteiger partial charge >= 0.3 is 0 Å². The molecule has 0 bridgehead atoms. The zero-order valence-electron chi connectivity index (χ0n) is 16.0. The normalized spacial score (nSPS) is 16.6. The Hall–Kier alpha value is -1.83. The van der Waals surface area contributed by atoms with Gasteiger partial charge in [0.1, 0.15) is 6.04 Å². The lowest BCUT2D eigenvalue weighted by molar-refractivity contribution is -0.125. The first kappa shape index (κ1) is 22.5. The van der Waals surface area contributed by atoms with Gasteiger partial charge in [0.15, 0.2) is 0 Å². The Morgan fingerprint density at radius 3 is 2.39 bits per heavy atom. The summed E-state index contributed by atoms with van der Waals surface area (Å²) in [6.45, 7) is 5.33. The number of rotatable bonds is 7. The zero-order valence-corrected chi connectivity index (χ0v) is 17.5. The van der Waals surface area contributed by atoms with Gasteiger partial charge in [-0.2, -0.15) is 0 Å². The molecule has 28 heavy (non-hydrogen) atoms. The molecule has 2 rings (SSSR count). The van der Waals surface area contributed by atoms with E-state index in [9.17, 15) is 14.4 Å². The first-order valence-corrected chi connectivity index (χ1v) is 10.00. The van der Waals surface area contributed by atoms with Crippen LogP contribution in [0.4, 0.5) is 0 Å². The van der Waals surface area contributed by atoms with Crippen LogP contribution >= 0.6 is 23.2 Å². The van der Waals surface area contributed by atoms with Crippen molar-refractivity contribution in [2.45, 2.75) is 38.8 Å². The van der Waals surface area contributed by atoms with Crippen LogP contribution in [0.5, 0.6) is 0 Å². The van der Waals surface area contributed by atoms with Crippen molar-refractivity contribution >= 4 is 40.9 Å². The summed E-state index contributed by atoms with van der Waals surface area (Å²) in [5.41, 5.74) is 5.49. The number of nitrogens with two attached hydrogens (primary N) is 1. The van der Waals surface area contributed by atoms with Gasteiger partial charge in [0, 0.05) is 24.2 Å². The van der Waals surface area contributed by atoms with Crippen molar-refractivity contribution in [3.05, 3.63) is 33.8 Å². The topological polar surface area (TPSA) is 105 Å². The van der Waals surface area contributed by atoms with E-state index in [0.29, 0.717) is 18.1 Å². The number of hydrogen-bond acceptors (Lipinski definition) is 4. The van der Waals surface area contributed by atoms with Crippen molar-refractivity contribution in [1.29, 1.82) is 0 Å². The third-order valence-electron chi connectivity index (χ3n) is 4.72. The molecule has 1 atom stereocenters. The Kier molecular flexibility index (Phi) is 8.10. The molecule has 1 heterocycles. The molecule has 1 aliphatic rings. The largest absolute Gasteiger partial charge is 0.369 e. The molecule has 154 valence electrons. The van der Waals surface area contributed by atoms with E-state index in [1.54, 1.807) is 6.07 Å². The summed E-state index contributed by atoms with van der Waals surface area (Å²) >= 11 is 12.0. The van der Waals surface area contributed by atoms with Gasteiger partial charge < -0.3 is 16.4 Å². The average molecular weight is 429 g/mol. The van der Waals surface area contributed by atoms with Crippen molar-refractivity contribution in [2.24, 2.45) is 11.7 Å². The number of hydrogen-bond donors (Lipinski definition) is 3. The van der Waals surface area contributed by atoms with Crippen LogP contribution in [0, 0.1) is 5.92 Å². The van der Waals surface area contributed by atoms with E-state index in [4.69, 9.17) is 28.9 Å². The Labute approximate surface area is 174 Å². The maximum absolute atomic E-state index is 12.8. The van der Waals surface area contributed by atoms with Crippen LogP contribution in [0.2, 0.25) is 10.0 Å². The fraction of sp³-hybridized carbons (Fsp3) is 0.526. The highest BCUT2D eigenvalue weighted by molar-refractivity contribution is 6.36. The molecule has 0 radical (unpaired) electrons. The summed E-state index contributed by atoms with van der Waals surface area (Å²) in [5, 5.41) is 6.44. The summed E-state index contributed by atoms with van der Waals surface area (Å²) in [5.74, 6) is -1.12. The number of nitrogens with one attached hydrogen (secondary N) is 2. The number of likely N-dealkylation sites (tertiary alicyclic amines) is 1. The Morgan fingerprint density at radius 2 is 1.86 bits per heavy atom. The molecule has 0 aromatic heterocycles. The van der Waals surface area contributed by atoms with Gasteiger partial charge in [-0.25, -0.2) is 0 Å². The number of amides is 3. The number of piperidine rings is 1. The maximum Gasteiger partial charge on any atom is 0.253 e. The van der Waals surface area contributed by atoms with E-state index in [2.05, 4.69) is 10.6 Å². The second-order valence-electron chi connectivity index (χ2n) is 7.34. The minimum atomic E-state index is -0.692. The number of carbonyl (C=O) groups is 3. The van der Waals surface area contributed by atoms with Crippen LogP contribution in [0.25, 0.3) is 0 Å². The Balaban J connectivity index is 1.95. The molecule has 0 saturated carbocycles. The first-order valence-electron chi connectivity index (χ1n) is 9.24. The van der Waals surface area contributed by atoms with Gasteiger partial charge in [0.05, 0.1) is 17.1 Å². The molecular weight excluding hydrogens is 403 g/mol. The van der Waals surface area contributed by atoms with Gasteiger partial charge in [0.2, 0.25) is 11.8 Å². The van der Waals surface area contributed by atoms with E-state index in [1.807, 2.05) is 18.7 Å². The third kappa shape index (κ3) is 6.36. The molecule has 7 nitrogen and oxygen atoms in total. The fourth-order valence-corrected chi connectivity index (χ4v) is 3.67. The lowest BCUT2D eigenvalue weighted by atomic mass is 10.00. The lowest BCUT2D eigenvalue weighted by Gasteiger charge is -2.33. The molecule has 0 aliphatic carbocycles. The summed E-state index contributed by atoms with van der Waals surface area (Å²) in [4.78, 5) is 38.3. The second-order valence-corrected chi connectivity index (χ2v) is 8.19. The second kappa shape index (κ2) is 10.1. The smallest absolute Gasteiger partial charge is 0.253 e. The highest BCUT2D eigenvalue weighted by Gasteiger charge is 2.28. The van der Waals surface area contributed by atoms with E-state index in [1.165, 1.54) is 12.1 Å². The van der Waals surface area contributed by atoms with Crippen LogP contribution in [-0.4, -0.2) is 54.3 Å². The molecule has 1 aromatic carbocycles. The van der Waals surface area contributed by atoms with Crippen molar-refractivity contribution in [3.63, 3.8) is 0 Å². The van der Waals surface area contributed by atoms with Crippen LogP contribution in [0.3, 0.4) is 0 Å². The minimum Gasteiger partial charge on any atom is -0.369 e. The monoisotopic (exact) mass is 428 g/mol. The predicted molar refractivity (Wildman–Crippen MR) is 109 cm³/mol. The summed E-state index contributed by atoms with van der Waals surface area (Å²) in [7, 11) is 0. The van der Waals surface area contributed by atoms with E-state index in [-0.39, 0.29) is 40.9 Å². The molecule has 9 heteroatoms. The molecule has 3 amide bonds. The highest BCUT2D eigenvalue weighted by atomic mass is 35.5. The van der Waals surface area contributed by atoms with Gasteiger partial charge in [-0.15, -0.1) is 0 Å². The number of primary amides is 1. The number of carbonyl (C=O) groups excluding carboxylic acids is 3. The SMILES string of the molecule is CC(C)C(NC(=O)c1ccc(Cl)cc1Cl)C(=O)NC1CCN(CC(N)=O)CC1. The van der Waals surface area contributed by atoms with Crippen molar-refractivity contribution in [2.75, 3.05) is 19.6 Å². The molecular formula is C19H26Cl2N4O3. The van der Waals surface area contributed by atoms with Crippen molar-refractivity contribution in [3.8, 4) is 0 Å². The molecule has 1 aromatic rings. The standard InChI is InChI=1S/C19H26Cl2N4O3/c1-11(2)17(24-18(27)14-4-3-12(20)9-15(14)21)19(28)23-13-5-7-25(8-6-13)10-16(22)26/h3-4,9,11,13,17H,5-8,10H2,1-2H3,(H2,22,26)(H,23,28)(H,24,27). The van der Waals surface area contributed by atoms with Crippen molar-refractivity contribution < 1.29 is 14.4 Å². The van der Waals surface area contributed by atoms with Crippen LogP contribution in [0.1, 0.15) is 37.0 Å². The quantitative estimate of drug-likeness (QED) is 0.615. The number of benzene rings is 1. The number of halogens is 2. The van der Waals surface area contributed by atoms with Crippen LogP contribution in [0.15, 0.2) is 18.2 Å². The minimum absolute atomic E-state index is 0.00565. The predicted octanol–water partition coefficient (Wildman–Crippen LogP) is 1.81. The maximum atomic E-state index is 12.8. The van der Waals surface area contributed by atoms with Crippen molar-refractivity contribution in [1.82, 2.24) is 15.5 Å². The Bertz CT molecular complexity index is 734. The first-order chi connectivity index (χ1) is 13.2. The van der Waals surface area contributed by atoms with Crippen LogP contribution < -0.4 is 16.4 Å².